The zero-order chi connectivity index (χ0) is 12.8. The van der Waals surface area contributed by atoms with E-state index in [4.69, 9.17) is 5.73 Å². The van der Waals surface area contributed by atoms with E-state index in [0.717, 1.165) is 17.5 Å². The van der Waals surface area contributed by atoms with Gasteiger partial charge in [0.25, 0.3) is 0 Å². The number of nitrogens with two attached hydrogens (primary N) is 1. The summed E-state index contributed by atoms with van der Waals surface area (Å²) in [7, 11) is 0. The van der Waals surface area contributed by atoms with Crippen molar-refractivity contribution in [3.05, 3.63) is 29.8 Å². The third kappa shape index (κ3) is 4.21. The summed E-state index contributed by atoms with van der Waals surface area (Å²) in [5, 5.41) is 0.818. The molecule has 2 rings (SSSR count). The van der Waals surface area contributed by atoms with Crippen molar-refractivity contribution in [1.29, 1.82) is 0 Å². The minimum atomic E-state index is 0.818. The zero-order valence-electron chi connectivity index (χ0n) is 11.3. The molecule has 2 N–H and O–H groups in total. The molecule has 100 valence electrons. The van der Waals surface area contributed by atoms with Gasteiger partial charge in [-0.3, -0.25) is 4.90 Å². The number of anilines is 1. The first kappa shape index (κ1) is 13.8. The fourth-order valence-electron chi connectivity index (χ4n) is 2.64. The molecule has 3 heteroatoms. The smallest absolute Gasteiger partial charge is 0.0317 e. The van der Waals surface area contributed by atoms with Crippen molar-refractivity contribution in [2.24, 2.45) is 0 Å². The van der Waals surface area contributed by atoms with Crippen molar-refractivity contribution < 1.29 is 0 Å². The highest BCUT2D eigenvalue weighted by atomic mass is 32.2. The van der Waals surface area contributed by atoms with Crippen LogP contribution in [0.5, 0.6) is 0 Å². The van der Waals surface area contributed by atoms with Crippen molar-refractivity contribution in [3.63, 3.8) is 0 Å². The van der Waals surface area contributed by atoms with Gasteiger partial charge in [-0.25, -0.2) is 0 Å². The average molecular weight is 264 g/mol. The summed E-state index contributed by atoms with van der Waals surface area (Å²) in [6, 6.07) is 8.30. The van der Waals surface area contributed by atoms with Crippen molar-refractivity contribution in [2.45, 2.75) is 38.0 Å². The number of nitrogens with zero attached hydrogens (tertiary/aromatic N) is 1. The van der Waals surface area contributed by atoms with Crippen LogP contribution in [-0.4, -0.2) is 29.0 Å². The van der Waals surface area contributed by atoms with Crippen molar-refractivity contribution in [2.75, 3.05) is 24.6 Å². The Kier molecular flexibility index (Phi) is 5.39. The molecule has 0 aliphatic carbocycles. The highest BCUT2D eigenvalue weighted by Crippen LogP contribution is 2.23. The van der Waals surface area contributed by atoms with Gasteiger partial charge in [0.2, 0.25) is 0 Å². The summed E-state index contributed by atoms with van der Waals surface area (Å²) in [6.45, 7) is 5.77. The third-order valence-corrected chi connectivity index (χ3v) is 4.66. The molecule has 1 unspecified atom stereocenters. The van der Waals surface area contributed by atoms with E-state index in [0.29, 0.717) is 0 Å². The molecule has 0 aromatic heterocycles. The maximum atomic E-state index is 5.85. The molecule has 1 heterocycles. The summed E-state index contributed by atoms with van der Waals surface area (Å²) in [5.41, 5.74) is 8.07. The third-order valence-electron chi connectivity index (χ3n) is 3.47. The molecule has 0 spiro atoms. The molecular formula is C15H24N2S. The second-order valence-corrected chi connectivity index (χ2v) is 6.63. The minimum Gasteiger partial charge on any atom is -0.399 e. The second-order valence-electron chi connectivity index (χ2n) is 5.05. The van der Waals surface area contributed by atoms with Gasteiger partial charge < -0.3 is 5.73 Å². The second kappa shape index (κ2) is 7.05. The Hall–Kier alpha value is -0.670. The summed E-state index contributed by atoms with van der Waals surface area (Å²) >= 11 is 2.12. The molecule has 0 saturated carbocycles. The molecule has 1 fully saturated rings. The van der Waals surface area contributed by atoms with E-state index in [2.05, 4.69) is 41.8 Å². The lowest BCUT2D eigenvalue weighted by atomic mass is 10.2. The maximum absolute atomic E-state index is 5.85. The molecule has 0 radical (unpaired) electrons. The van der Waals surface area contributed by atoms with Crippen LogP contribution in [0.4, 0.5) is 5.69 Å². The number of likely N-dealkylation sites (tertiary alicyclic amines) is 1. The van der Waals surface area contributed by atoms with Crippen LogP contribution in [0.3, 0.4) is 0 Å². The summed E-state index contributed by atoms with van der Waals surface area (Å²) in [5.74, 6) is 1.23. The number of thioether (sulfide) groups is 1. The van der Waals surface area contributed by atoms with Crippen molar-refractivity contribution in [3.8, 4) is 0 Å². The van der Waals surface area contributed by atoms with Gasteiger partial charge in [0, 0.05) is 24.0 Å². The Morgan fingerprint density at radius 3 is 3.06 bits per heavy atom. The zero-order valence-corrected chi connectivity index (χ0v) is 12.1. The summed E-state index contributed by atoms with van der Waals surface area (Å²) in [4.78, 5) is 2.59. The van der Waals surface area contributed by atoms with Crippen LogP contribution in [0.25, 0.3) is 0 Å². The molecule has 1 aromatic carbocycles. The number of hydrogen-bond acceptors (Lipinski definition) is 3. The Labute approximate surface area is 115 Å². The first-order valence-electron chi connectivity index (χ1n) is 6.96. The van der Waals surface area contributed by atoms with Crippen molar-refractivity contribution >= 4 is 17.4 Å². The SMILES string of the molecule is CCSC1CCCCN(Cc2cccc(N)c2)C1. The summed E-state index contributed by atoms with van der Waals surface area (Å²) in [6.07, 6.45) is 4.10. The normalized spacial score (nSPS) is 21.7. The molecule has 1 saturated heterocycles. The van der Waals surface area contributed by atoms with Gasteiger partial charge in [0.15, 0.2) is 0 Å². The first-order chi connectivity index (χ1) is 8.78. The van der Waals surface area contributed by atoms with E-state index in [9.17, 15) is 0 Å². The molecule has 2 nitrogen and oxygen atoms in total. The Bertz CT molecular complexity index is 367. The van der Waals surface area contributed by atoms with Crippen LogP contribution in [0.2, 0.25) is 0 Å². The van der Waals surface area contributed by atoms with Crippen LogP contribution >= 0.6 is 11.8 Å². The molecular weight excluding hydrogens is 240 g/mol. The predicted octanol–water partition coefficient (Wildman–Crippen LogP) is 3.38. The van der Waals surface area contributed by atoms with Gasteiger partial charge in [-0.15, -0.1) is 0 Å². The van der Waals surface area contributed by atoms with Crippen LogP contribution in [0, 0.1) is 0 Å². The van der Waals surface area contributed by atoms with Gasteiger partial charge in [0.05, 0.1) is 0 Å². The largest absolute Gasteiger partial charge is 0.399 e. The number of hydrogen-bond donors (Lipinski definition) is 1. The standard InChI is InChI=1S/C15H24N2S/c1-2-18-15-8-3-4-9-17(12-15)11-13-6-5-7-14(16)10-13/h5-7,10,15H,2-4,8-9,11-12,16H2,1H3. The van der Waals surface area contributed by atoms with Crippen LogP contribution in [-0.2, 0) is 6.54 Å². The predicted molar refractivity (Wildman–Crippen MR) is 81.9 cm³/mol. The number of rotatable bonds is 4. The van der Waals surface area contributed by atoms with E-state index in [-0.39, 0.29) is 0 Å². The number of nitrogen functional groups attached to an aromatic ring is 1. The van der Waals surface area contributed by atoms with Crippen molar-refractivity contribution in [1.82, 2.24) is 4.90 Å². The van der Waals surface area contributed by atoms with Gasteiger partial charge in [-0.1, -0.05) is 25.5 Å². The lowest BCUT2D eigenvalue weighted by Crippen LogP contribution is -2.29. The van der Waals surface area contributed by atoms with Crippen LogP contribution in [0.15, 0.2) is 24.3 Å². The molecule has 0 amide bonds. The average Bonchev–Trinajstić information content (AvgIpc) is 2.55. The molecule has 1 aromatic rings. The van der Waals surface area contributed by atoms with E-state index < -0.39 is 0 Å². The van der Waals surface area contributed by atoms with Gasteiger partial charge in [-0.2, -0.15) is 11.8 Å². The highest BCUT2D eigenvalue weighted by Gasteiger charge is 2.17. The lowest BCUT2D eigenvalue weighted by molar-refractivity contribution is 0.280. The fourth-order valence-corrected chi connectivity index (χ4v) is 3.76. The fraction of sp³-hybridized carbons (Fsp3) is 0.600. The quantitative estimate of drug-likeness (QED) is 0.845. The Morgan fingerprint density at radius 2 is 2.28 bits per heavy atom. The molecule has 1 aliphatic rings. The van der Waals surface area contributed by atoms with E-state index in [1.54, 1.807) is 0 Å². The van der Waals surface area contributed by atoms with E-state index >= 15 is 0 Å². The molecule has 0 bridgehead atoms. The Morgan fingerprint density at radius 1 is 1.39 bits per heavy atom. The lowest BCUT2D eigenvalue weighted by Gasteiger charge is -2.24. The van der Waals surface area contributed by atoms with Gasteiger partial charge >= 0.3 is 0 Å². The molecule has 18 heavy (non-hydrogen) atoms. The summed E-state index contributed by atoms with van der Waals surface area (Å²) < 4.78 is 0. The topological polar surface area (TPSA) is 29.3 Å². The minimum absolute atomic E-state index is 0.818. The molecule has 1 aliphatic heterocycles. The van der Waals surface area contributed by atoms with E-state index in [1.807, 2.05) is 6.07 Å². The maximum Gasteiger partial charge on any atom is 0.0317 e. The highest BCUT2D eigenvalue weighted by molar-refractivity contribution is 7.99. The van der Waals surface area contributed by atoms with Crippen LogP contribution < -0.4 is 5.73 Å². The molecule has 1 atom stereocenters. The van der Waals surface area contributed by atoms with Gasteiger partial charge in [-0.05, 0) is 42.8 Å². The van der Waals surface area contributed by atoms with E-state index in [1.165, 1.54) is 43.7 Å². The van der Waals surface area contributed by atoms with Crippen LogP contribution in [0.1, 0.15) is 31.7 Å². The number of benzene rings is 1. The van der Waals surface area contributed by atoms with Gasteiger partial charge in [0.1, 0.15) is 0 Å². The Balaban J connectivity index is 1.94. The first-order valence-corrected chi connectivity index (χ1v) is 8.01. The monoisotopic (exact) mass is 264 g/mol.